The average Bonchev–Trinajstić information content (AvgIpc) is 2.87. The van der Waals surface area contributed by atoms with Crippen LogP contribution in [0, 0.1) is 0 Å². The molecule has 1 aromatic carbocycles. The molecule has 0 saturated heterocycles. The van der Waals surface area contributed by atoms with E-state index >= 15 is 0 Å². The highest BCUT2D eigenvalue weighted by Gasteiger charge is 2.27. The molecule has 0 heterocycles. The maximum atomic E-state index is 12.9. The van der Waals surface area contributed by atoms with Gasteiger partial charge in [0.2, 0.25) is 5.75 Å². The fraction of sp³-hybridized carbons (Fsp3) is 0.667. The van der Waals surface area contributed by atoms with Crippen LogP contribution in [0.1, 0.15) is 51.4 Å². The number of carbonyl (C=O) groups excluding carboxylic acids is 1. The number of carbonyl (C=O) groups is 1. The number of nitrogens with one attached hydrogen (secondary N) is 1. The maximum Gasteiger partial charge on any atom is 0.321 e. The topological polar surface area (TPSA) is 72.5 Å². The first-order valence-electron chi connectivity index (χ1n) is 12.7. The molecule has 1 saturated carbocycles. The minimum absolute atomic E-state index is 0.151. The van der Waals surface area contributed by atoms with Crippen molar-refractivity contribution < 1.29 is 23.7 Å². The van der Waals surface area contributed by atoms with Crippen LogP contribution in [0.15, 0.2) is 24.8 Å². The van der Waals surface area contributed by atoms with E-state index < -0.39 is 0 Å². The summed E-state index contributed by atoms with van der Waals surface area (Å²) in [4.78, 5) is 17.0. The van der Waals surface area contributed by atoms with Crippen LogP contribution in [0.5, 0.6) is 17.2 Å². The van der Waals surface area contributed by atoms with Gasteiger partial charge in [0.25, 0.3) is 0 Å². The molecule has 2 rings (SSSR count). The summed E-state index contributed by atoms with van der Waals surface area (Å²) in [5.41, 5.74) is 0.598. The number of urea groups is 1. The molecular formula is C27H45N3O5. The molecule has 1 aliphatic carbocycles. The second kappa shape index (κ2) is 15.5. The Morgan fingerprint density at radius 3 is 2.20 bits per heavy atom. The van der Waals surface area contributed by atoms with E-state index in [2.05, 4.69) is 23.8 Å². The number of anilines is 1. The van der Waals surface area contributed by atoms with Crippen LogP contribution in [0.2, 0.25) is 0 Å². The van der Waals surface area contributed by atoms with Gasteiger partial charge in [-0.25, -0.2) is 4.79 Å². The largest absolute Gasteiger partial charge is 0.493 e. The molecule has 2 amide bonds. The van der Waals surface area contributed by atoms with Gasteiger partial charge in [0.1, 0.15) is 0 Å². The van der Waals surface area contributed by atoms with Crippen molar-refractivity contribution in [3.05, 3.63) is 24.8 Å². The molecule has 0 aliphatic heterocycles. The number of rotatable bonds is 15. The molecule has 1 aliphatic rings. The summed E-state index contributed by atoms with van der Waals surface area (Å²) in [6.07, 6.45) is 10.9. The molecule has 35 heavy (non-hydrogen) atoms. The van der Waals surface area contributed by atoms with Crippen LogP contribution in [0.3, 0.4) is 0 Å². The van der Waals surface area contributed by atoms with E-state index in [-0.39, 0.29) is 12.1 Å². The summed E-state index contributed by atoms with van der Waals surface area (Å²) in [5, 5.41) is 2.96. The van der Waals surface area contributed by atoms with Crippen LogP contribution in [-0.4, -0.2) is 83.1 Å². The molecule has 198 valence electrons. The van der Waals surface area contributed by atoms with Crippen LogP contribution in [-0.2, 0) is 4.74 Å². The zero-order valence-electron chi connectivity index (χ0n) is 22.3. The summed E-state index contributed by atoms with van der Waals surface area (Å²) < 4.78 is 22.2. The number of nitrogens with zero attached hydrogens (tertiary/aromatic N) is 2. The molecule has 1 fully saturated rings. The zero-order chi connectivity index (χ0) is 25.6. The Bertz CT molecular complexity index is 755. The third kappa shape index (κ3) is 9.26. The van der Waals surface area contributed by atoms with E-state index in [0.29, 0.717) is 29.0 Å². The standard InChI is InChI=1S/C27H45N3O5/c1-7-16-29(2)17-10-8-9-11-18-35-23-14-12-22(13-15-23)30(3)27(31)28-21-19-24(32-4)26(34-6)25(20-21)33-5/h7,19-20,22-23H,1,8-18H2,2-6H3,(H,28,31). The van der Waals surface area contributed by atoms with Gasteiger partial charge in [0.15, 0.2) is 11.5 Å². The number of methoxy groups -OCH3 is 3. The summed E-state index contributed by atoms with van der Waals surface area (Å²) in [5.74, 6) is 1.50. The van der Waals surface area contributed by atoms with Crippen molar-refractivity contribution in [2.45, 2.75) is 63.5 Å². The molecule has 0 spiro atoms. The summed E-state index contributed by atoms with van der Waals surface area (Å²) in [7, 11) is 8.65. The third-order valence-corrected chi connectivity index (χ3v) is 6.66. The number of hydrogen-bond donors (Lipinski definition) is 1. The monoisotopic (exact) mass is 491 g/mol. The molecule has 0 bridgehead atoms. The minimum atomic E-state index is -0.151. The lowest BCUT2D eigenvalue weighted by Gasteiger charge is -2.34. The van der Waals surface area contributed by atoms with Crippen molar-refractivity contribution in [2.75, 3.05) is 60.4 Å². The number of likely N-dealkylation sites (N-methyl/N-ethyl adjacent to an activating group) is 1. The first-order valence-corrected chi connectivity index (χ1v) is 12.7. The third-order valence-electron chi connectivity index (χ3n) is 6.66. The van der Waals surface area contributed by atoms with E-state index in [9.17, 15) is 4.79 Å². The summed E-state index contributed by atoms with van der Waals surface area (Å²) >= 11 is 0. The fourth-order valence-electron chi connectivity index (χ4n) is 4.53. The quantitative estimate of drug-likeness (QED) is 0.269. The minimum Gasteiger partial charge on any atom is -0.493 e. The van der Waals surface area contributed by atoms with Gasteiger partial charge in [-0.3, -0.25) is 0 Å². The fourth-order valence-corrected chi connectivity index (χ4v) is 4.53. The molecule has 0 atom stereocenters. The van der Waals surface area contributed by atoms with E-state index in [1.165, 1.54) is 19.3 Å². The average molecular weight is 492 g/mol. The van der Waals surface area contributed by atoms with Crippen LogP contribution in [0.25, 0.3) is 0 Å². The highest BCUT2D eigenvalue weighted by Crippen LogP contribution is 2.40. The molecule has 0 unspecified atom stereocenters. The number of unbranched alkanes of at least 4 members (excludes halogenated alkanes) is 3. The smallest absolute Gasteiger partial charge is 0.321 e. The van der Waals surface area contributed by atoms with Crippen molar-refractivity contribution in [1.29, 1.82) is 0 Å². The van der Waals surface area contributed by atoms with Crippen molar-refractivity contribution in [2.24, 2.45) is 0 Å². The van der Waals surface area contributed by atoms with Gasteiger partial charge in [-0.05, 0) is 52.1 Å². The molecule has 1 aromatic rings. The number of amides is 2. The molecule has 8 nitrogen and oxygen atoms in total. The maximum absolute atomic E-state index is 12.9. The van der Waals surface area contributed by atoms with Gasteiger partial charge < -0.3 is 34.1 Å². The van der Waals surface area contributed by atoms with E-state index in [4.69, 9.17) is 18.9 Å². The number of hydrogen-bond acceptors (Lipinski definition) is 6. The van der Waals surface area contributed by atoms with Crippen molar-refractivity contribution in [1.82, 2.24) is 9.80 Å². The zero-order valence-corrected chi connectivity index (χ0v) is 22.3. The summed E-state index contributed by atoms with van der Waals surface area (Å²) in [6, 6.07) is 3.52. The molecule has 0 aromatic heterocycles. The Labute approximate surface area is 211 Å². The van der Waals surface area contributed by atoms with Crippen LogP contribution < -0.4 is 19.5 Å². The number of benzene rings is 1. The second-order valence-corrected chi connectivity index (χ2v) is 9.22. The summed E-state index contributed by atoms with van der Waals surface area (Å²) in [6.45, 7) is 6.68. The highest BCUT2D eigenvalue weighted by molar-refractivity contribution is 5.90. The van der Waals surface area contributed by atoms with Crippen molar-refractivity contribution >= 4 is 11.7 Å². The first-order chi connectivity index (χ1) is 16.9. The second-order valence-electron chi connectivity index (χ2n) is 9.22. The van der Waals surface area contributed by atoms with E-state index in [1.807, 2.05) is 13.1 Å². The lowest BCUT2D eigenvalue weighted by atomic mass is 9.92. The van der Waals surface area contributed by atoms with Crippen molar-refractivity contribution in [3.8, 4) is 17.2 Å². The normalized spacial score (nSPS) is 17.7. The van der Waals surface area contributed by atoms with Gasteiger partial charge >= 0.3 is 6.03 Å². The van der Waals surface area contributed by atoms with Gasteiger partial charge in [-0.1, -0.05) is 18.9 Å². The van der Waals surface area contributed by atoms with Crippen LogP contribution >= 0.6 is 0 Å². The van der Waals surface area contributed by atoms with Gasteiger partial charge in [0.05, 0.1) is 33.1 Å². The Hall–Kier alpha value is -2.45. The lowest BCUT2D eigenvalue weighted by Crippen LogP contribution is -2.42. The predicted molar refractivity (Wildman–Crippen MR) is 141 cm³/mol. The highest BCUT2D eigenvalue weighted by atomic mass is 16.5. The molecule has 8 heteroatoms. The van der Waals surface area contributed by atoms with Crippen molar-refractivity contribution in [3.63, 3.8) is 0 Å². The number of ether oxygens (including phenoxy) is 4. The molecule has 1 N–H and O–H groups in total. The van der Waals surface area contributed by atoms with E-state index in [1.54, 1.807) is 38.4 Å². The Kier molecular flexibility index (Phi) is 12.8. The van der Waals surface area contributed by atoms with Gasteiger partial charge in [-0.2, -0.15) is 0 Å². The molecule has 0 radical (unpaired) electrons. The Morgan fingerprint density at radius 1 is 1.00 bits per heavy atom. The van der Waals surface area contributed by atoms with Crippen LogP contribution in [0.4, 0.5) is 10.5 Å². The van der Waals surface area contributed by atoms with Gasteiger partial charge in [0, 0.05) is 38.4 Å². The molecular weight excluding hydrogens is 446 g/mol. The Balaban J connectivity index is 1.70. The van der Waals surface area contributed by atoms with Gasteiger partial charge in [-0.15, -0.1) is 6.58 Å². The van der Waals surface area contributed by atoms with E-state index in [0.717, 1.165) is 51.8 Å². The first kappa shape index (κ1) is 28.8. The Morgan fingerprint density at radius 2 is 1.63 bits per heavy atom. The predicted octanol–water partition coefficient (Wildman–Crippen LogP) is 5.18. The lowest BCUT2D eigenvalue weighted by molar-refractivity contribution is 0.0130. The SMILES string of the molecule is C=CCN(C)CCCCCCOC1CCC(N(C)C(=O)Nc2cc(OC)c(OC)c(OC)c2)CC1.